The Morgan fingerprint density at radius 2 is 1.57 bits per heavy atom. The normalized spacial score (nSPS) is 8.82. The molecule has 0 aliphatic heterocycles. The van der Waals surface area contributed by atoms with Gasteiger partial charge in [0.1, 0.15) is 5.82 Å². The van der Waals surface area contributed by atoms with Gasteiger partial charge >= 0.3 is 0 Å². The Kier molecular flexibility index (Phi) is 15.9. The van der Waals surface area contributed by atoms with Crippen molar-refractivity contribution in [1.82, 2.24) is 9.97 Å². The molecule has 0 aliphatic carbocycles. The monoisotopic (exact) mass is 423 g/mol. The highest BCUT2D eigenvalue weighted by Crippen LogP contribution is 2.11. The molecule has 0 aliphatic rings. The average molecular weight is 423 g/mol. The molecule has 0 spiro atoms. The van der Waals surface area contributed by atoms with Gasteiger partial charge in [-0.05, 0) is 31.2 Å². The van der Waals surface area contributed by atoms with Crippen LogP contribution in [0.4, 0.5) is 11.4 Å². The van der Waals surface area contributed by atoms with Crippen LogP contribution in [0.5, 0.6) is 0 Å². The lowest BCUT2D eigenvalue weighted by Gasteiger charge is -1.97. The molecule has 0 amide bonds. The maximum atomic E-state index is 6.89. The Morgan fingerprint density at radius 3 is 1.96 bits per heavy atom. The summed E-state index contributed by atoms with van der Waals surface area (Å²) in [6.07, 6.45) is 1.50. The number of hydrogen-bond acceptors (Lipinski definition) is 5. The minimum atomic E-state index is 0. The number of aromatic amines is 1. The number of anilines is 2. The lowest BCUT2D eigenvalue weighted by molar-refractivity contribution is 0.322. The van der Waals surface area contributed by atoms with Crippen LogP contribution < -0.4 is 11.5 Å². The molecule has 2 atom stereocenters. The van der Waals surface area contributed by atoms with Crippen LogP contribution in [0.2, 0.25) is 0 Å². The van der Waals surface area contributed by atoms with Crippen molar-refractivity contribution in [2.24, 2.45) is 0 Å². The minimum Gasteiger partial charge on any atom is -0.481 e. The van der Waals surface area contributed by atoms with Gasteiger partial charge in [0.25, 0.3) is 0 Å². The van der Waals surface area contributed by atoms with Gasteiger partial charge in [0.2, 0.25) is 0 Å². The first kappa shape index (κ1) is 28.1. The lowest BCUT2D eigenvalue weighted by atomic mass is 10.3. The number of H-pyrrole nitrogens is 1. The van der Waals surface area contributed by atoms with Crippen molar-refractivity contribution >= 4 is 46.8 Å². The fraction of sp³-hybridized carbons (Fsp3) is 0.300. The second kappa shape index (κ2) is 15.9. The summed E-state index contributed by atoms with van der Waals surface area (Å²) in [4.78, 5) is 7.57. The smallest absolute Gasteiger partial charge is 0.184 e. The third-order valence-electron chi connectivity index (χ3n) is 3.13. The van der Waals surface area contributed by atoms with Crippen molar-refractivity contribution in [1.29, 1.82) is 5.41 Å². The van der Waals surface area contributed by atoms with Gasteiger partial charge in [0, 0.05) is 12.3 Å². The molecule has 3 rings (SSSR count). The van der Waals surface area contributed by atoms with Gasteiger partial charge in [-0.25, -0.2) is 4.98 Å². The zero-order valence-electron chi connectivity index (χ0n) is 14.9. The van der Waals surface area contributed by atoms with Crippen LogP contribution in [0.1, 0.15) is 27.6 Å². The zero-order chi connectivity index (χ0) is 19.4. The number of nitrogens with zero attached hydrogens (tertiary/aromatic N) is 1. The summed E-state index contributed by atoms with van der Waals surface area (Å²) in [5, 5.41) is 6.89. The number of benzene rings is 2. The summed E-state index contributed by atoms with van der Waals surface area (Å²) < 4.78 is 4.75. The highest BCUT2D eigenvalue weighted by atomic mass is 31.0. The molecule has 8 heteroatoms. The van der Waals surface area contributed by atoms with Crippen molar-refractivity contribution in [2.75, 3.05) is 24.2 Å². The summed E-state index contributed by atoms with van der Waals surface area (Å²) in [6, 6.07) is 15.3. The molecule has 1 aromatic heterocycles. The van der Waals surface area contributed by atoms with Crippen LogP contribution in [0, 0.1) is 5.41 Å². The van der Waals surface area contributed by atoms with Crippen LogP contribution in [0.15, 0.2) is 48.5 Å². The first-order valence-corrected chi connectivity index (χ1v) is 9.79. The fourth-order valence-electron chi connectivity index (χ4n) is 1.85. The summed E-state index contributed by atoms with van der Waals surface area (Å²) in [6.45, 7) is 2.47. The van der Waals surface area contributed by atoms with Crippen LogP contribution >= 0.6 is 18.5 Å². The number of imidazole rings is 1. The Bertz CT molecular complexity index is 754. The second-order valence-electron chi connectivity index (χ2n) is 5.09. The van der Waals surface area contributed by atoms with Crippen molar-refractivity contribution in [2.45, 2.75) is 27.9 Å². The Morgan fingerprint density at radius 1 is 1.04 bits per heavy atom. The number of fused-ring (bicyclic) bond motifs is 1. The fourth-order valence-corrected chi connectivity index (χ4v) is 2.16. The third-order valence-corrected chi connectivity index (χ3v) is 3.89. The number of nitrogen functional groups attached to an aromatic ring is 2. The van der Waals surface area contributed by atoms with Gasteiger partial charge in [-0.15, -0.1) is 18.5 Å². The van der Waals surface area contributed by atoms with Crippen molar-refractivity contribution in [3.05, 3.63) is 54.4 Å². The second-order valence-corrected chi connectivity index (χ2v) is 5.91. The van der Waals surface area contributed by atoms with E-state index in [1.165, 1.54) is 0 Å². The number of hydrogen-bond donors (Lipinski definition) is 4. The highest BCUT2D eigenvalue weighted by molar-refractivity contribution is 7.18. The molecule has 2 unspecified atom stereocenters. The maximum absolute atomic E-state index is 6.89. The number of nitrogens with two attached hydrogens (primary N) is 2. The van der Waals surface area contributed by atoms with Crippen molar-refractivity contribution in [3.8, 4) is 0 Å². The minimum absolute atomic E-state index is 0. The summed E-state index contributed by atoms with van der Waals surface area (Å²) in [7, 11) is 5.07. The van der Waals surface area contributed by atoms with E-state index in [1.54, 1.807) is 12.1 Å². The van der Waals surface area contributed by atoms with E-state index in [0.29, 0.717) is 30.0 Å². The predicted molar refractivity (Wildman–Crippen MR) is 132 cm³/mol. The zero-order valence-corrected chi connectivity index (χ0v) is 17.2. The lowest BCUT2D eigenvalue weighted by Crippen LogP contribution is -2.02. The van der Waals surface area contributed by atoms with E-state index in [-0.39, 0.29) is 14.9 Å². The SMILES string of the molecule is C.C.CCOC(=N)CP.Nc1ccccc1N.PCc1nc2ccccc2[nH]1. The number of rotatable bonds is 3. The van der Waals surface area contributed by atoms with Gasteiger partial charge in [-0.2, -0.15) is 0 Å². The molecule has 3 aromatic rings. The van der Waals surface area contributed by atoms with E-state index in [4.69, 9.17) is 21.6 Å². The predicted octanol–water partition coefficient (Wildman–Crippen LogP) is 4.94. The third kappa shape index (κ3) is 10.2. The largest absolute Gasteiger partial charge is 0.481 e. The number of para-hydroxylation sites is 4. The Balaban J connectivity index is 0. The molecule has 6 N–H and O–H groups in total. The highest BCUT2D eigenvalue weighted by Gasteiger charge is 1.97. The number of nitrogens with one attached hydrogen (secondary N) is 2. The van der Waals surface area contributed by atoms with Gasteiger partial charge in [-0.3, -0.25) is 5.41 Å². The summed E-state index contributed by atoms with van der Waals surface area (Å²) in [5.74, 6) is 1.36. The topological polar surface area (TPSA) is 114 Å². The van der Waals surface area contributed by atoms with Gasteiger partial charge in [0.15, 0.2) is 5.90 Å². The molecule has 6 nitrogen and oxygen atoms in total. The standard InChI is InChI=1S/C8H9N2P.C6H8N2.C4H10NOP.2CH4/c11-5-8-9-6-3-1-2-4-7(6)10-8;7-5-3-1-2-4-6(5)8;1-2-6-4(5)3-7;;/h1-4H,5,11H2,(H,9,10);1-4H,7-8H2;5H,2-3,7H2,1H3;2*1H4. The average Bonchev–Trinajstić information content (AvgIpc) is 3.09. The van der Waals surface area contributed by atoms with E-state index >= 15 is 0 Å². The quantitative estimate of drug-likeness (QED) is 0.207. The molecule has 0 saturated carbocycles. The molecule has 2 aromatic carbocycles. The van der Waals surface area contributed by atoms with Crippen LogP contribution in [-0.2, 0) is 10.9 Å². The van der Waals surface area contributed by atoms with E-state index in [1.807, 2.05) is 43.3 Å². The number of aromatic nitrogens is 2. The van der Waals surface area contributed by atoms with Crippen LogP contribution in [0.3, 0.4) is 0 Å². The van der Waals surface area contributed by atoms with Gasteiger partial charge in [0.05, 0.1) is 29.0 Å². The van der Waals surface area contributed by atoms with Crippen molar-refractivity contribution in [3.63, 3.8) is 0 Å². The molecule has 0 radical (unpaired) electrons. The first-order chi connectivity index (χ1) is 12.5. The molecular weight excluding hydrogens is 388 g/mol. The summed E-state index contributed by atoms with van der Waals surface area (Å²) in [5.41, 5.74) is 14.2. The number of ether oxygens (including phenoxy) is 1. The van der Waals surface area contributed by atoms with E-state index < -0.39 is 0 Å². The van der Waals surface area contributed by atoms with Gasteiger partial charge in [-0.1, -0.05) is 39.1 Å². The first-order valence-electron chi connectivity index (χ1n) is 8.15. The Hall–Kier alpha value is -2.16. The van der Waals surface area contributed by atoms with Crippen LogP contribution in [0.25, 0.3) is 11.0 Å². The summed E-state index contributed by atoms with van der Waals surface area (Å²) >= 11 is 0. The van der Waals surface area contributed by atoms with Gasteiger partial charge < -0.3 is 21.2 Å². The molecule has 0 saturated heterocycles. The van der Waals surface area contributed by atoms with E-state index in [9.17, 15) is 0 Å². The molecule has 1 heterocycles. The maximum Gasteiger partial charge on any atom is 0.184 e. The van der Waals surface area contributed by atoms with E-state index in [0.717, 1.165) is 23.0 Å². The van der Waals surface area contributed by atoms with Crippen molar-refractivity contribution < 1.29 is 4.74 Å². The molecule has 28 heavy (non-hydrogen) atoms. The Labute approximate surface area is 173 Å². The molecular formula is C20H35N5OP2. The van der Waals surface area contributed by atoms with E-state index in [2.05, 4.69) is 28.4 Å². The van der Waals surface area contributed by atoms with Crippen LogP contribution in [-0.4, -0.2) is 28.6 Å². The molecule has 0 bridgehead atoms. The molecule has 0 fully saturated rings. The molecule has 156 valence electrons.